The third-order valence-corrected chi connectivity index (χ3v) is 6.91. The number of hydrogen-bond acceptors (Lipinski definition) is 5. The van der Waals surface area contributed by atoms with Crippen LogP contribution in [0.2, 0.25) is 0 Å². The molecule has 3 unspecified atom stereocenters. The van der Waals surface area contributed by atoms with E-state index in [1.807, 2.05) is 6.07 Å². The van der Waals surface area contributed by atoms with Gasteiger partial charge >= 0.3 is 0 Å². The van der Waals surface area contributed by atoms with E-state index in [-0.39, 0.29) is 29.2 Å². The number of halogens is 1. The first-order valence-corrected chi connectivity index (χ1v) is 11.2. The summed E-state index contributed by atoms with van der Waals surface area (Å²) in [4.78, 5) is 16.9. The topological polar surface area (TPSA) is 100 Å². The van der Waals surface area contributed by atoms with Crippen LogP contribution in [-0.4, -0.2) is 43.7 Å². The molecule has 1 aromatic rings. The van der Waals surface area contributed by atoms with Gasteiger partial charge in [0, 0.05) is 23.6 Å². The molecular formula is C18H23BrN4O3S. The Bertz CT molecular complexity index is 873. The number of piperidine rings is 1. The summed E-state index contributed by atoms with van der Waals surface area (Å²) in [5, 5.41) is 6.13. The third-order valence-electron chi connectivity index (χ3n) is 5.11. The Morgan fingerprint density at radius 1 is 1.41 bits per heavy atom. The molecule has 1 aromatic heterocycles. The lowest BCUT2D eigenvalue weighted by atomic mass is 9.99. The minimum Gasteiger partial charge on any atom is -0.309 e. The smallest absolute Gasteiger partial charge is 0.242 e. The summed E-state index contributed by atoms with van der Waals surface area (Å²) in [5.41, 5.74) is 0.550. The van der Waals surface area contributed by atoms with Gasteiger partial charge in [-0.05, 0) is 47.3 Å². The van der Waals surface area contributed by atoms with Crippen molar-refractivity contribution in [1.82, 2.24) is 15.0 Å². The minimum absolute atomic E-state index is 0.0352. The molecule has 1 saturated carbocycles. The molecular weight excluding hydrogens is 432 g/mol. The number of carbonyl (C=O) groups is 1. The van der Waals surface area contributed by atoms with Crippen molar-refractivity contribution in [2.45, 2.75) is 31.3 Å². The van der Waals surface area contributed by atoms with Crippen molar-refractivity contribution in [2.24, 2.45) is 5.41 Å². The summed E-state index contributed by atoms with van der Waals surface area (Å²) in [6.45, 7) is 7.62. The van der Waals surface area contributed by atoms with Gasteiger partial charge < -0.3 is 10.6 Å². The van der Waals surface area contributed by atoms with E-state index in [9.17, 15) is 13.2 Å². The second-order valence-electron chi connectivity index (χ2n) is 7.02. The fraction of sp³-hybridized carbons (Fsp3) is 0.444. The normalized spacial score (nSPS) is 26.3. The van der Waals surface area contributed by atoms with Gasteiger partial charge in [-0.2, -0.15) is 0 Å². The van der Waals surface area contributed by atoms with Crippen molar-refractivity contribution in [3.8, 4) is 0 Å². The van der Waals surface area contributed by atoms with Gasteiger partial charge in [-0.15, -0.1) is 6.58 Å². The molecule has 2 aliphatic rings. The molecule has 1 aliphatic heterocycles. The van der Waals surface area contributed by atoms with Crippen LogP contribution >= 0.6 is 15.9 Å². The lowest BCUT2D eigenvalue weighted by Gasteiger charge is -2.17. The first kappa shape index (κ1) is 20.2. The summed E-state index contributed by atoms with van der Waals surface area (Å²) in [5.74, 6) is 0.309. The zero-order valence-electron chi connectivity index (χ0n) is 14.9. The zero-order valence-corrected chi connectivity index (χ0v) is 17.3. The number of anilines is 1. The van der Waals surface area contributed by atoms with E-state index in [1.54, 1.807) is 18.2 Å². The Labute approximate surface area is 167 Å². The highest BCUT2D eigenvalue weighted by atomic mass is 79.9. The fourth-order valence-corrected chi connectivity index (χ4v) is 4.87. The van der Waals surface area contributed by atoms with Crippen molar-refractivity contribution in [3.63, 3.8) is 0 Å². The second kappa shape index (κ2) is 7.83. The summed E-state index contributed by atoms with van der Waals surface area (Å²) in [7, 11) is -3.32. The number of sulfonamides is 1. The standard InChI is InChI=1S/C18H23BrN4O3S/c1-3-5-8-27(25,26)20-11-18-9-13(21-14(18)10-18)17(24)23-16-12(4-2)6-7-15(19)22-16/h3-4,6-7,13-14,20-21H,1-2,5,8-11H2,(H,22,23,24). The quantitative estimate of drug-likeness (QED) is 0.391. The molecule has 3 rings (SSSR count). The van der Waals surface area contributed by atoms with Gasteiger partial charge in [0.2, 0.25) is 15.9 Å². The van der Waals surface area contributed by atoms with Crippen LogP contribution in [0.1, 0.15) is 24.8 Å². The SMILES string of the molecule is C=CCCS(=O)(=O)NCC12CC(C(=O)Nc3nc(Br)ccc3C=C)NC1C2. The van der Waals surface area contributed by atoms with Crippen molar-refractivity contribution in [3.05, 3.63) is 41.5 Å². The molecule has 3 N–H and O–H groups in total. The Morgan fingerprint density at radius 2 is 2.19 bits per heavy atom. The number of amides is 1. The second-order valence-corrected chi connectivity index (χ2v) is 9.76. The van der Waals surface area contributed by atoms with Crippen molar-refractivity contribution >= 4 is 43.8 Å². The predicted octanol–water partition coefficient (Wildman–Crippen LogP) is 2.04. The molecule has 1 amide bonds. The van der Waals surface area contributed by atoms with Gasteiger partial charge in [0.1, 0.15) is 10.4 Å². The van der Waals surface area contributed by atoms with Crippen LogP contribution in [0, 0.1) is 5.41 Å². The van der Waals surface area contributed by atoms with E-state index < -0.39 is 10.0 Å². The molecule has 0 aromatic carbocycles. The molecule has 9 heteroatoms. The molecule has 1 saturated heterocycles. The van der Waals surface area contributed by atoms with E-state index in [4.69, 9.17) is 0 Å². The molecule has 2 fully saturated rings. The van der Waals surface area contributed by atoms with Crippen LogP contribution < -0.4 is 15.4 Å². The molecule has 146 valence electrons. The number of pyridine rings is 1. The Morgan fingerprint density at radius 3 is 2.89 bits per heavy atom. The summed E-state index contributed by atoms with van der Waals surface area (Å²) >= 11 is 3.30. The molecule has 27 heavy (non-hydrogen) atoms. The maximum atomic E-state index is 12.6. The van der Waals surface area contributed by atoms with E-state index in [2.05, 4.69) is 49.4 Å². The molecule has 0 radical (unpaired) electrons. The number of allylic oxidation sites excluding steroid dienone is 1. The van der Waals surface area contributed by atoms with Crippen LogP contribution in [0.4, 0.5) is 5.82 Å². The molecule has 0 spiro atoms. The number of carbonyl (C=O) groups excluding carboxylic acids is 1. The van der Waals surface area contributed by atoms with Crippen molar-refractivity contribution < 1.29 is 13.2 Å². The average Bonchev–Trinajstić information content (AvgIpc) is 3.19. The maximum absolute atomic E-state index is 12.6. The van der Waals surface area contributed by atoms with E-state index >= 15 is 0 Å². The number of nitrogens with one attached hydrogen (secondary N) is 3. The number of fused-ring (bicyclic) bond motifs is 1. The van der Waals surface area contributed by atoms with Crippen LogP contribution in [0.5, 0.6) is 0 Å². The molecule has 3 atom stereocenters. The highest BCUT2D eigenvalue weighted by Gasteiger charge is 2.61. The van der Waals surface area contributed by atoms with Gasteiger partial charge in [-0.3, -0.25) is 4.79 Å². The molecule has 2 heterocycles. The summed E-state index contributed by atoms with van der Waals surface area (Å²) in [6, 6.07) is 3.38. The van der Waals surface area contributed by atoms with Crippen LogP contribution in [0.3, 0.4) is 0 Å². The first-order valence-electron chi connectivity index (χ1n) is 8.73. The lowest BCUT2D eigenvalue weighted by molar-refractivity contribution is -0.118. The highest BCUT2D eigenvalue weighted by molar-refractivity contribution is 9.10. The third kappa shape index (κ3) is 4.66. The van der Waals surface area contributed by atoms with Crippen LogP contribution in [-0.2, 0) is 14.8 Å². The maximum Gasteiger partial charge on any atom is 0.242 e. The lowest BCUT2D eigenvalue weighted by Crippen LogP contribution is -2.38. The highest BCUT2D eigenvalue weighted by Crippen LogP contribution is 2.54. The zero-order chi connectivity index (χ0) is 19.7. The molecule has 1 aliphatic carbocycles. The van der Waals surface area contributed by atoms with Crippen LogP contribution in [0.25, 0.3) is 6.08 Å². The van der Waals surface area contributed by atoms with Gasteiger partial charge in [-0.25, -0.2) is 18.1 Å². The van der Waals surface area contributed by atoms with E-state index in [0.29, 0.717) is 29.8 Å². The van der Waals surface area contributed by atoms with Crippen molar-refractivity contribution in [1.29, 1.82) is 0 Å². The first-order chi connectivity index (χ1) is 12.8. The summed E-state index contributed by atoms with van der Waals surface area (Å²) < 4.78 is 27.3. The molecule has 0 bridgehead atoms. The van der Waals surface area contributed by atoms with E-state index in [0.717, 1.165) is 12.0 Å². The Balaban J connectivity index is 1.58. The van der Waals surface area contributed by atoms with Gasteiger partial charge in [-0.1, -0.05) is 18.7 Å². The van der Waals surface area contributed by atoms with Crippen molar-refractivity contribution in [2.75, 3.05) is 17.6 Å². The Hall–Kier alpha value is -1.55. The van der Waals surface area contributed by atoms with Gasteiger partial charge in [0.25, 0.3) is 0 Å². The van der Waals surface area contributed by atoms with Gasteiger partial charge in [0.15, 0.2) is 0 Å². The minimum atomic E-state index is -3.32. The largest absolute Gasteiger partial charge is 0.309 e. The number of hydrogen-bond donors (Lipinski definition) is 3. The number of rotatable bonds is 9. The van der Waals surface area contributed by atoms with E-state index in [1.165, 1.54) is 0 Å². The number of aromatic nitrogens is 1. The van der Waals surface area contributed by atoms with Crippen LogP contribution in [0.15, 0.2) is 36.0 Å². The fourth-order valence-electron chi connectivity index (χ4n) is 3.43. The summed E-state index contributed by atoms with van der Waals surface area (Å²) in [6.07, 6.45) is 5.09. The monoisotopic (exact) mass is 454 g/mol. The predicted molar refractivity (Wildman–Crippen MR) is 110 cm³/mol. The molecule has 7 nitrogen and oxygen atoms in total. The van der Waals surface area contributed by atoms with Gasteiger partial charge in [0.05, 0.1) is 11.8 Å². The number of nitrogens with zero attached hydrogens (tertiary/aromatic N) is 1. The average molecular weight is 455 g/mol. The Kier molecular flexibility index (Phi) is 5.85.